The molecule has 0 radical (unpaired) electrons. The zero-order valence-corrected chi connectivity index (χ0v) is 12.5. The topological polar surface area (TPSA) is 50.3 Å². The standard InChI is InChI=1S/C11H20N4OS2/c1-15(2)10-13-14-11(18-10)17-8-5-12-9-3-6-16-7-4-9/h9,12H,3-8H2,1-2H3. The summed E-state index contributed by atoms with van der Waals surface area (Å²) in [4.78, 5) is 1.99. The molecule has 1 fully saturated rings. The minimum atomic E-state index is 0.631. The smallest absolute Gasteiger partial charge is 0.208 e. The molecule has 102 valence electrons. The summed E-state index contributed by atoms with van der Waals surface area (Å²) >= 11 is 3.42. The molecule has 1 aromatic heterocycles. The number of hydrogen-bond acceptors (Lipinski definition) is 7. The van der Waals surface area contributed by atoms with Gasteiger partial charge in [0.25, 0.3) is 0 Å². The van der Waals surface area contributed by atoms with E-state index in [0.717, 1.165) is 47.8 Å². The Bertz CT molecular complexity index is 353. The number of nitrogens with zero attached hydrogens (tertiary/aromatic N) is 3. The number of nitrogens with one attached hydrogen (secondary N) is 1. The first-order chi connectivity index (χ1) is 8.75. The van der Waals surface area contributed by atoms with Crippen LogP contribution >= 0.6 is 23.1 Å². The molecule has 0 unspecified atom stereocenters. The molecule has 1 aliphatic rings. The lowest BCUT2D eigenvalue weighted by atomic mass is 10.1. The minimum Gasteiger partial charge on any atom is -0.381 e. The molecule has 0 atom stereocenters. The SMILES string of the molecule is CN(C)c1nnc(SCCNC2CCOCC2)s1. The van der Waals surface area contributed by atoms with Crippen molar-refractivity contribution in [2.45, 2.75) is 23.2 Å². The first kappa shape index (κ1) is 14.0. The molecule has 0 aromatic carbocycles. The van der Waals surface area contributed by atoms with Crippen LogP contribution in [0.3, 0.4) is 0 Å². The van der Waals surface area contributed by atoms with Gasteiger partial charge in [-0.1, -0.05) is 23.1 Å². The van der Waals surface area contributed by atoms with Crippen LogP contribution in [0.25, 0.3) is 0 Å². The Morgan fingerprint density at radius 1 is 1.39 bits per heavy atom. The lowest BCUT2D eigenvalue weighted by molar-refractivity contribution is 0.0786. The van der Waals surface area contributed by atoms with Gasteiger partial charge in [-0.3, -0.25) is 0 Å². The van der Waals surface area contributed by atoms with Gasteiger partial charge in [0.15, 0.2) is 4.34 Å². The van der Waals surface area contributed by atoms with Crippen molar-refractivity contribution in [2.75, 3.05) is 44.5 Å². The van der Waals surface area contributed by atoms with Crippen LogP contribution in [0.2, 0.25) is 0 Å². The molecule has 0 spiro atoms. The third-order valence-corrected chi connectivity index (χ3v) is 4.99. The van der Waals surface area contributed by atoms with Crippen molar-refractivity contribution in [3.05, 3.63) is 0 Å². The van der Waals surface area contributed by atoms with Crippen molar-refractivity contribution in [3.63, 3.8) is 0 Å². The fourth-order valence-electron chi connectivity index (χ4n) is 1.74. The van der Waals surface area contributed by atoms with Crippen LogP contribution in [0.5, 0.6) is 0 Å². The quantitative estimate of drug-likeness (QED) is 0.632. The number of thioether (sulfide) groups is 1. The van der Waals surface area contributed by atoms with Gasteiger partial charge in [0.05, 0.1) is 0 Å². The van der Waals surface area contributed by atoms with E-state index in [-0.39, 0.29) is 0 Å². The lowest BCUT2D eigenvalue weighted by Crippen LogP contribution is -2.35. The third kappa shape index (κ3) is 4.38. The van der Waals surface area contributed by atoms with Gasteiger partial charge in [-0.2, -0.15) is 0 Å². The van der Waals surface area contributed by atoms with Crippen molar-refractivity contribution in [3.8, 4) is 0 Å². The normalized spacial score (nSPS) is 17.0. The van der Waals surface area contributed by atoms with Crippen LogP contribution in [0, 0.1) is 0 Å². The van der Waals surface area contributed by atoms with Crippen molar-refractivity contribution in [2.24, 2.45) is 0 Å². The molecular formula is C11H20N4OS2. The molecule has 0 saturated carbocycles. The van der Waals surface area contributed by atoms with Gasteiger partial charge in [0.2, 0.25) is 5.13 Å². The van der Waals surface area contributed by atoms with Gasteiger partial charge in [0.1, 0.15) is 0 Å². The summed E-state index contributed by atoms with van der Waals surface area (Å²) in [5.74, 6) is 1.04. The second-order valence-electron chi connectivity index (χ2n) is 4.43. The number of anilines is 1. The summed E-state index contributed by atoms with van der Waals surface area (Å²) in [5.41, 5.74) is 0. The van der Waals surface area contributed by atoms with Gasteiger partial charge < -0.3 is 15.0 Å². The molecule has 5 nitrogen and oxygen atoms in total. The number of rotatable bonds is 6. The number of hydrogen-bond donors (Lipinski definition) is 1. The first-order valence-corrected chi connectivity index (χ1v) is 8.00. The largest absolute Gasteiger partial charge is 0.381 e. The average molecular weight is 288 g/mol. The second kappa shape index (κ2) is 7.28. The Balaban J connectivity index is 1.62. The highest BCUT2D eigenvalue weighted by Crippen LogP contribution is 2.26. The highest BCUT2D eigenvalue weighted by atomic mass is 32.2. The molecule has 0 bridgehead atoms. The van der Waals surface area contributed by atoms with E-state index in [4.69, 9.17) is 4.74 Å². The zero-order valence-electron chi connectivity index (χ0n) is 10.9. The molecule has 7 heteroatoms. The summed E-state index contributed by atoms with van der Waals surface area (Å²) in [5, 5.41) is 12.8. The highest BCUT2D eigenvalue weighted by Gasteiger charge is 2.12. The maximum atomic E-state index is 5.33. The van der Waals surface area contributed by atoms with E-state index < -0.39 is 0 Å². The zero-order chi connectivity index (χ0) is 12.8. The van der Waals surface area contributed by atoms with Crippen molar-refractivity contribution >= 4 is 28.2 Å². The maximum absolute atomic E-state index is 5.33. The van der Waals surface area contributed by atoms with Gasteiger partial charge >= 0.3 is 0 Å². The predicted octanol–water partition coefficient (Wildman–Crippen LogP) is 1.46. The van der Waals surface area contributed by atoms with Crippen LogP contribution in [0.4, 0.5) is 5.13 Å². The summed E-state index contributed by atoms with van der Waals surface area (Å²) in [6.07, 6.45) is 2.27. The van der Waals surface area contributed by atoms with Crippen molar-refractivity contribution in [1.29, 1.82) is 0 Å². The van der Waals surface area contributed by atoms with Crippen LogP contribution in [-0.2, 0) is 4.74 Å². The number of ether oxygens (including phenoxy) is 1. The maximum Gasteiger partial charge on any atom is 0.208 e. The van der Waals surface area contributed by atoms with E-state index in [1.807, 2.05) is 19.0 Å². The molecular weight excluding hydrogens is 268 g/mol. The molecule has 18 heavy (non-hydrogen) atoms. The summed E-state index contributed by atoms with van der Waals surface area (Å²) in [6.45, 7) is 2.81. The minimum absolute atomic E-state index is 0.631. The second-order valence-corrected chi connectivity index (χ2v) is 6.73. The fourth-order valence-corrected chi connectivity index (χ4v) is 3.45. The van der Waals surface area contributed by atoms with E-state index in [1.165, 1.54) is 0 Å². The van der Waals surface area contributed by atoms with E-state index in [2.05, 4.69) is 15.5 Å². The van der Waals surface area contributed by atoms with Gasteiger partial charge in [-0.25, -0.2) is 0 Å². The fraction of sp³-hybridized carbons (Fsp3) is 0.818. The van der Waals surface area contributed by atoms with E-state index >= 15 is 0 Å². The lowest BCUT2D eigenvalue weighted by Gasteiger charge is -2.22. The molecule has 1 aliphatic heterocycles. The van der Waals surface area contributed by atoms with Crippen LogP contribution in [0.15, 0.2) is 4.34 Å². The Morgan fingerprint density at radius 3 is 2.83 bits per heavy atom. The molecule has 2 rings (SSSR count). The van der Waals surface area contributed by atoms with E-state index in [1.54, 1.807) is 23.1 Å². The van der Waals surface area contributed by atoms with Crippen LogP contribution in [0.1, 0.15) is 12.8 Å². The van der Waals surface area contributed by atoms with E-state index in [9.17, 15) is 0 Å². The molecule has 1 aromatic rings. The monoisotopic (exact) mass is 288 g/mol. The van der Waals surface area contributed by atoms with Crippen LogP contribution < -0.4 is 10.2 Å². The summed E-state index contributed by atoms with van der Waals surface area (Å²) in [6, 6.07) is 0.631. The van der Waals surface area contributed by atoms with Gasteiger partial charge in [0, 0.05) is 45.6 Å². The predicted molar refractivity (Wildman–Crippen MR) is 76.8 cm³/mol. The molecule has 2 heterocycles. The molecule has 0 amide bonds. The summed E-state index contributed by atoms with van der Waals surface area (Å²) in [7, 11) is 3.98. The first-order valence-electron chi connectivity index (χ1n) is 6.20. The van der Waals surface area contributed by atoms with Gasteiger partial charge in [-0.15, -0.1) is 10.2 Å². The molecule has 1 N–H and O–H groups in total. The van der Waals surface area contributed by atoms with E-state index in [0.29, 0.717) is 6.04 Å². The molecule has 0 aliphatic carbocycles. The Hall–Kier alpha value is -0.370. The Labute approximate surface area is 116 Å². The van der Waals surface area contributed by atoms with Crippen molar-refractivity contribution in [1.82, 2.24) is 15.5 Å². The molecule has 1 saturated heterocycles. The summed E-state index contributed by atoms with van der Waals surface area (Å²) < 4.78 is 6.38. The van der Waals surface area contributed by atoms with Crippen LogP contribution in [-0.4, -0.2) is 55.8 Å². The van der Waals surface area contributed by atoms with Crippen molar-refractivity contribution < 1.29 is 4.74 Å². The van der Waals surface area contributed by atoms with Gasteiger partial charge in [-0.05, 0) is 12.8 Å². The third-order valence-electron chi connectivity index (χ3n) is 2.76. The Morgan fingerprint density at radius 2 is 2.17 bits per heavy atom. The Kier molecular flexibility index (Phi) is 5.68. The number of aromatic nitrogens is 2. The highest BCUT2D eigenvalue weighted by molar-refractivity contribution is 8.01. The average Bonchev–Trinajstić information content (AvgIpc) is 2.85.